The Morgan fingerprint density at radius 2 is 2.28 bits per heavy atom. The lowest BCUT2D eigenvalue weighted by Crippen LogP contribution is -2.47. The van der Waals surface area contributed by atoms with Crippen LogP contribution in [0.15, 0.2) is 18.2 Å². The first-order chi connectivity index (χ1) is 8.58. The summed E-state index contributed by atoms with van der Waals surface area (Å²) < 4.78 is 5.39. The van der Waals surface area contributed by atoms with E-state index in [4.69, 9.17) is 10.00 Å². The third-order valence-electron chi connectivity index (χ3n) is 2.66. The molecule has 0 fully saturated rings. The van der Waals surface area contributed by atoms with Gasteiger partial charge in [-0.25, -0.2) is 4.90 Å². The molecule has 1 aromatic rings. The molecule has 0 aliphatic carbocycles. The Hall–Kier alpha value is -2.55. The van der Waals surface area contributed by atoms with Gasteiger partial charge in [-0.3, -0.25) is 9.59 Å². The molecule has 2 amide bonds. The van der Waals surface area contributed by atoms with Gasteiger partial charge in [0, 0.05) is 12.7 Å². The van der Waals surface area contributed by atoms with Crippen LogP contribution < -0.4 is 15.0 Å². The van der Waals surface area contributed by atoms with Gasteiger partial charge in [-0.2, -0.15) is 5.26 Å². The molecule has 1 aliphatic rings. The molecule has 1 atom stereocenters. The maximum Gasteiger partial charge on any atom is 0.336 e. The molecule has 1 aromatic carbocycles. The van der Waals surface area contributed by atoms with Gasteiger partial charge in [0.05, 0.1) is 5.69 Å². The SMILES string of the molecule is CNc1ccc2c(c1)N(C(=O)C#N)C(=O)C(C)O2. The summed E-state index contributed by atoms with van der Waals surface area (Å²) >= 11 is 0. The molecule has 6 nitrogen and oxygen atoms in total. The van der Waals surface area contributed by atoms with Crippen LogP contribution in [-0.4, -0.2) is 25.0 Å². The number of ether oxygens (including phenoxy) is 1. The number of imide groups is 1. The molecule has 18 heavy (non-hydrogen) atoms. The summed E-state index contributed by atoms with van der Waals surface area (Å²) in [6, 6.07) is 6.46. The van der Waals surface area contributed by atoms with Crippen molar-refractivity contribution < 1.29 is 14.3 Å². The quantitative estimate of drug-likeness (QED) is 0.743. The second-order valence-corrected chi connectivity index (χ2v) is 3.78. The number of rotatable bonds is 1. The molecule has 1 unspecified atom stereocenters. The van der Waals surface area contributed by atoms with Crippen LogP contribution >= 0.6 is 0 Å². The van der Waals surface area contributed by atoms with E-state index in [9.17, 15) is 9.59 Å². The van der Waals surface area contributed by atoms with Gasteiger partial charge in [0.15, 0.2) is 12.2 Å². The fourth-order valence-corrected chi connectivity index (χ4v) is 1.75. The zero-order valence-corrected chi connectivity index (χ0v) is 9.93. The van der Waals surface area contributed by atoms with Crippen molar-refractivity contribution in [2.24, 2.45) is 0 Å². The van der Waals surface area contributed by atoms with Crippen LogP contribution in [0.3, 0.4) is 0 Å². The number of hydrogen-bond donors (Lipinski definition) is 1. The van der Waals surface area contributed by atoms with Gasteiger partial charge in [0.1, 0.15) is 5.75 Å². The van der Waals surface area contributed by atoms with Crippen molar-refractivity contribution in [2.75, 3.05) is 17.3 Å². The number of fused-ring (bicyclic) bond motifs is 1. The highest BCUT2D eigenvalue weighted by Gasteiger charge is 2.35. The number of nitrogens with one attached hydrogen (secondary N) is 1. The van der Waals surface area contributed by atoms with Gasteiger partial charge in [0.2, 0.25) is 0 Å². The average molecular weight is 245 g/mol. The molecule has 0 aromatic heterocycles. The average Bonchev–Trinajstić information content (AvgIpc) is 2.39. The second kappa shape index (κ2) is 4.37. The van der Waals surface area contributed by atoms with Crippen molar-refractivity contribution in [1.29, 1.82) is 5.26 Å². The van der Waals surface area contributed by atoms with Crippen molar-refractivity contribution in [3.05, 3.63) is 18.2 Å². The van der Waals surface area contributed by atoms with E-state index in [1.807, 2.05) is 0 Å². The highest BCUT2D eigenvalue weighted by molar-refractivity contribution is 6.23. The molecule has 0 saturated carbocycles. The summed E-state index contributed by atoms with van der Waals surface area (Å²) in [6.45, 7) is 1.54. The lowest BCUT2D eigenvalue weighted by Gasteiger charge is -2.30. The molecule has 0 bridgehead atoms. The lowest BCUT2D eigenvalue weighted by molar-refractivity contribution is -0.129. The van der Waals surface area contributed by atoms with E-state index in [0.29, 0.717) is 5.75 Å². The molecule has 1 aliphatic heterocycles. The Morgan fingerprint density at radius 1 is 1.56 bits per heavy atom. The van der Waals surface area contributed by atoms with Gasteiger partial charge in [-0.05, 0) is 25.1 Å². The topological polar surface area (TPSA) is 82.4 Å². The van der Waals surface area contributed by atoms with Crippen LogP contribution in [0.25, 0.3) is 0 Å². The maximum atomic E-state index is 11.9. The van der Waals surface area contributed by atoms with Crippen LogP contribution in [0.4, 0.5) is 11.4 Å². The van der Waals surface area contributed by atoms with Gasteiger partial charge in [-0.15, -0.1) is 0 Å². The molecule has 1 N–H and O–H groups in total. The molecular formula is C12H11N3O3. The molecule has 92 valence electrons. The number of anilines is 2. The van der Waals surface area contributed by atoms with Crippen LogP contribution in [0, 0.1) is 11.3 Å². The Bertz CT molecular complexity index is 562. The van der Waals surface area contributed by atoms with E-state index in [0.717, 1.165) is 10.6 Å². The highest BCUT2D eigenvalue weighted by atomic mass is 16.5. The third kappa shape index (κ3) is 1.76. The summed E-state index contributed by atoms with van der Waals surface area (Å²) in [5.41, 5.74) is 1.01. The normalized spacial score (nSPS) is 17.5. The van der Waals surface area contributed by atoms with E-state index in [-0.39, 0.29) is 5.69 Å². The van der Waals surface area contributed by atoms with Crippen LogP contribution in [-0.2, 0) is 9.59 Å². The number of carbonyl (C=O) groups excluding carboxylic acids is 2. The lowest BCUT2D eigenvalue weighted by atomic mass is 10.1. The van der Waals surface area contributed by atoms with Crippen LogP contribution in [0.1, 0.15) is 6.92 Å². The maximum absolute atomic E-state index is 11.9. The Morgan fingerprint density at radius 3 is 2.89 bits per heavy atom. The predicted octanol–water partition coefficient (Wildman–Crippen LogP) is 0.892. The molecule has 0 radical (unpaired) electrons. The summed E-state index contributed by atoms with van der Waals surface area (Å²) in [5.74, 6) is -1.04. The summed E-state index contributed by atoms with van der Waals surface area (Å²) in [5, 5.41) is 11.6. The van der Waals surface area contributed by atoms with Crippen molar-refractivity contribution in [3.8, 4) is 11.8 Å². The fourth-order valence-electron chi connectivity index (χ4n) is 1.75. The molecule has 0 saturated heterocycles. The van der Waals surface area contributed by atoms with Crippen molar-refractivity contribution >= 4 is 23.2 Å². The number of nitriles is 1. The Labute approximate surface area is 104 Å². The number of carbonyl (C=O) groups is 2. The van der Waals surface area contributed by atoms with Gasteiger partial charge in [0.25, 0.3) is 5.91 Å². The summed E-state index contributed by atoms with van der Waals surface area (Å²) in [7, 11) is 1.71. The smallest absolute Gasteiger partial charge is 0.336 e. The van der Waals surface area contributed by atoms with E-state index in [2.05, 4.69) is 5.32 Å². The van der Waals surface area contributed by atoms with Gasteiger partial charge >= 0.3 is 5.91 Å². The first-order valence-electron chi connectivity index (χ1n) is 5.35. The monoisotopic (exact) mass is 245 g/mol. The van der Waals surface area contributed by atoms with Gasteiger partial charge in [-0.1, -0.05) is 0 Å². The van der Waals surface area contributed by atoms with E-state index < -0.39 is 17.9 Å². The minimum absolute atomic E-state index is 0.288. The Balaban J connectivity index is 2.57. The number of benzene rings is 1. The number of nitrogens with zero attached hydrogens (tertiary/aromatic N) is 2. The summed E-state index contributed by atoms with van der Waals surface area (Å²) in [6.07, 6.45) is -0.782. The third-order valence-corrected chi connectivity index (χ3v) is 2.66. The largest absolute Gasteiger partial charge is 0.479 e. The summed E-state index contributed by atoms with van der Waals surface area (Å²) in [4.78, 5) is 24.3. The van der Waals surface area contributed by atoms with E-state index in [1.165, 1.54) is 13.0 Å². The first kappa shape index (κ1) is 11.9. The van der Waals surface area contributed by atoms with Crippen molar-refractivity contribution in [2.45, 2.75) is 13.0 Å². The number of amides is 2. The van der Waals surface area contributed by atoms with Crippen molar-refractivity contribution in [1.82, 2.24) is 0 Å². The Kier molecular flexibility index (Phi) is 2.90. The second-order valence-electron chi connectivity index (χ2n) is 3.78. The zero-order chi connectivity index (χ0) is 13.3. The minimum atomic E-state index is -0.912. The molecule has 1 heterocycles. The number of hydrogen-bond acceptors (Lipinski definition) is 5. The molecule has 0 spiro atoms. The van der Waals surface area contributed by atoms with Crippen LogP contribution in [0.5, 0.6) is 5.75 Å². The predicted molar refractivity (Wildman–Crippen MR) is 64.2 cm³/mol. The molecular weight excluding hydrogens is 234 g/mol. The standard InChI is InChI=1S/C12H11N3O3/c1-7-12(17)15(11(16)6-13)9-5-8(14-2)3-4-10(9)18-7/h3-5,7,14H,1-2H3. The zero-order valence-electron chi connectivity index (χ0n) is 9.93. The molecule has 2 rings (SSSR count). The molecule has 6 heteroatoms. The van der Waals surface area contributed by atoms with E-state index >= 15 is 0 Å². The van der Waals surface area contributed by atoms with Gasteiger partial charge < -0.3 is 10.1 Å². The fraction of sp³-hybridized carbons (Fsp3) is 0.250. The minimum Gasteiger partial charge on any atom is -0.479 e. The first-order valence-corrected chi connectivity index (χ1v) is 5.35. The van der Waals surface area contributed by atoms with E-state index in [1.54, 1.807) is 25.2 Å². The van der Waals surface area contributed by atoms with Crippen LogP contribution in [0.2, 0.25) is 0 Å². The highest BCUT2D eigenvalue weighted by Crippen LogP contribution is 2.36. The van der Waals surface area contributed by atoms with Crippen molar-refractivity contribution in [3.63, 3.8) is 0 Å².